The lowest BCUT2D eigenvalue weighted by Gasteiger charge is -2.18. The molecule has 0 aliphatic rings. The number of allylic oxidation sites excluding steroid dienone is 4. The van der Waals surface area contributed by atoms with Crippen LogP contribution in [0.3, 0.4) is 0 Å². The number of rotatable bonds is 3. The summed E-state index contributed by atoms with van der Waals surface area (Å²) in [5.41, 5.74) is 2.99. The molecule has 0 aromatic rings. The van der Waals surface area contributed by atoms with Gasteiger partial charge in [-0.3, -0.25) is 0 Å². The number of hydrogen-bond donors (Lipinski definition) is 0. The van der Waals surface area contributed by atoms with Crippen molar-refractivity contribution < 1.29 is 0 Å². The molecule has 0 unspecified atom stereocenters. The van der Waals surface area contributed by atoms with Crippen LogP contribution in [0.25, 0.3) is 0 Å². The molecule has 0 aliphatic carbocycles. The van der Waals surface area contributed by atoms with Gasteiger partial charge in [0.05, 0.1) is 0 Å². The highest BCUT2D eigenvalue weighted by molar-refractivity contribution is 5.32. The minimum Gasteiger partial charge on any atom is -0.0839 e. The van der Waals surface area contributed by atoms with Crippen LogP contribution < -0.4 is 0 Å². The maximum Gasteiger partial charge on any atom is -0.0219 e. The molecular weight excluding hydrogens is 144 g/mol. The molecule has 0 amide bonds. The molecule has 0 atom stereocenters. The van der Waals surface area contributed by atoms with Crippen molar-refractivity contribution in [2.24, 2.45) is 11.8 Å². The van der Waals surface area contributed by atoms with E-state index in [0.29, 0.717) is 11.8 Å². The first kappa shape index (κ1) is 11.5. The van der Waals surface area contributed by atoms with Gasteiger partial charge in [0, 0.05) is 0 Å². The fourth-order valence-corrected chi connectivity index (χ4v) is 1.67. The Labute approximate surface area is 77.4 Å². The summed E-state index contributed by atoms with van der Waals surface area (Å²) in [6.07, 6.45) is 4.47. The van der Waals surface area contributed by atoms with E-state index in [0.717, 1.165) is 0 Å². The van der Waals surface area contributed by atoms with Gasteiger partial charge in [-0.25, -0.2) is 0 Å². The average molecular weight is 166 g/mol. The molecule has 0 nitrogen and oxygen atoms in total. The maximum atomic E-state index is 2.25. The van der Waals surface area contributed by atoms with E-state index in [-0.39, 0.29) is 0 Å². The predicted molar refractivity (Wildman–Crippen MR) is 57.2 cm³/mol. The van der Waals surface area contributed by atoms with Crippen molar-refractivity contribution >= 4 is 0 Å². The predicted octanol–water partition coefficient (Wildman–Crippen LogP) is 4.19. The third-order valence-electron chi connectivity index (χ3n) is 2.20. The molecule has 0 aliphatic heterocycles. The second kappa shape index (κ2) is 5.18. The third kappa shape index (κ3) is 2.84. The molecular formula is C12H22. The maximum absolute atomic E-state index is 2.25. The Hall–Kier alpha value is -0.520. The zero-order chi connectivity index (χ0) is 9.72. The van der Waals surface area contributed by atoms with Gasteiger partial charge in [-0.1, -0.05) is 39.8 Å². The van der Waals surface area contributed by atoms with E-state index in [1.54, 1.807) is 0 Å². The largest absolute Gasteiger partial charge is 0.0839 e. The van der Waals surface area contributed by atoms with Gasteiger partial charge >= 0.3 is 0 Å². The van der Waals surface area contributed by atoms with E-state index in [2.05, 4.69) is 53.7 Å². The fourth-order valence-electron chi connectivity index (χ4n) is 1.67. The van der Waals surface area contributed by atoms with E-state index in [4.69, 9.17) is 0 Å². The SMILES string of the molecule is C/C=C(/C(=C/C)C(C)C)C(C)C. The van der Waals surface area contributed by atoms with Gasteiger partial charge in [-0.05, 0) is 36.8 Å². The average Bonchev–Trinajstić information content (AvgIpc) is 1.98. The Bertz CT molecular complexity index is 158. The Morgan fingerprint density at radius 3 is 1.08 bits per heavy atom. The van der Waals surface area contributed by atoms with E-state index in [9.17, 15) is 0 Å². The Morgan fingerprint density at radius 1 is 0.750 bits per heavy atom. The summed E-state index contributed by atoms with van der Waals surface area (Å²) in [6.45, 7) is 13.3. The van der Waals surface area contributed by atoms with Crippen LogP contribution in [0.5, 0.6) is 0 Å². The summed E-state index contributed by atoms with van der Waals surface area (Å²) >= 11 is 0. The topological polar surface area (TPSA) is 0 Å². The van der Waals surface area contributed by atoms with Crippen LogP contribution in [-0.2, 0) is 0 Å². The minimum absolute atomic E-state index is 0.642. The van der Waals surface area contributed by atoms with Crippen LogP contribution in [0.15, 0.2) is 23.3 Å². The second-order valence-electron chi connectivity index (χ2n) is 3.80. The molecule has 12 heavy (non-hydrogen) atoms. The molecule has 0 aromatic heterocycles. The zero-order valence-corrected chi connectivity index (χ0v) is 9.31. The van der Waals surface area contributed by atoms with Crippen molar-refractivity contribution in [2.75, 3.05) is 0 Å². The summed E-state index contributed by atoms with van der Waals surface area (Å²) in [5.74, 6) is 1.28. The van der Waals surface area contributed by atoms with Gasteiger partial charge in [-0.2, -0.15) is 0 Å². The molecule has 70 valence electrons. The molecule has 0 N–H and O–H groups in total. The first-order chi connectivity index (χ1) is 5.54. The number of hydrogen-bond acceptors (Lipinski definition) is 0. The Morgan fingerprint density at radius 2 is 1.00 bits per heavy atom. The first-order valence-corrected chi connectivity index (χ1v) is 4.87. The highest BCUT2D eigenvalue weighted by Gasteiger charge is 2.10. The summed E-state index contributed by atoms with van der Waals surface area (Å²) in [4.78, 5) is 0. The van der Waals surface area contributed by atoms with Gasteiger partial charge in [0.15, 0.2) is 0 Å². The zero-order valence-electron chi connectivity index (χ0n) is 9.31. The minimum atomic E-state index is 0.642. The lowest BCUT2D eigenvalue weighted by atomic mass is 9.88. The lowest BCUT2D eigenvalue weighted by molar-refractivity contribution is 0.699. The lowest BCUT2D eigenvalue weighted by Crippen LogP contribution is -2.03. The highest BCUT2D eigenvalue weighted by atomic mass is 14.2. The highest BCUT2D eigenvalue weighted by Crippen LogP contribution is 2.25. The molecule has 0 heteroatoms. The summed E-state index contributed by atoms with van der Waals surface area (Å²) in [5, 5.41) is 0. The third-order valence-corrected chi connectivity index (χ3v) is 2.20. The molecule has 0 heterocycles. The molecule has 0 rings (SSSR count). The Balaban J connectivity index is 4.73. The second-order valence-corrected chi connectivity index (χ2v) is 3.80. The van der Waals surface area contributed by atoms with Crippen molar-refractivity contribution in [3.05, 3.63) is 23.3 Å². The standard InChI is InChI=1S/C12H22/c1-7-11(9(3)4)12(8-2)10(5)6/h7-10H,1-6H3/b11-7+,12-8+. The normalized spacial score (nSPS) is 14.7. The Kier molecular flexibility index (Phi) is 4.96. The van der Waals surface area contributed by atoms with E-state index >= 15 is 0 Å². The molecule has 0 saturated heterocycles. The summed E-state index contributed by atoms with van der Waals surface area (Å²) in [7, 11) is 0. The smallest absolute Gasteiger partial charge is 0.0219 e. The van der Waals surface area contributed by atoms with Crippen LogP contribution in [0.2, 0.25) is 0 Å². The van der Waals surface area contributed by atoms with Crippen LogP contribution in [0, 0.1) is 11.8 Å². The molecule has 0 bridgehead atoms. The van der Waals surface area contributed by atoms with Crippen molar-refractivity contribution in [2.45, 2.75) is 41.5 Å². The molecule has 0 aromatic carbocycles. The molecule has 0 saturated carbocycles. The van der Waals surface area contributed by atoms with Gasteiger partial charge in [0.2, 0.25) is 0 Å². The van der Waals surface area contributed by atoms with Gasteiger partial charge in [0.25, 0.3) is 0 Å². The molecule has 0 fully saturated rings. The van der Waals surface area contributed by atoms with Crippen molar-refractivity contribution in [1.82, 2.24) is 0 Å². The fraction of sp³-hybridized carbons (Fsp3) is 0.667. The van der Waals surface area contributed by atoms with Gasteiger partial charge in [-0.15, -0.1) is 0 Å². The monoisotopic (exact) mass is 166 g/mol. The van der Waals surface area contributed by atoms with E-state index in [1.165, 1.54) is 11.1 Å². The van der Waals surface area contributed by atoms with E-state index in [1.807, 2.05) is 0 Å². The van der Waals surface area contributed by atoms with Gasteiger partial charge in [0.1, 0.15) is 0 Å². The van der Waals surface area contributed by atoms with Crippen LogP contribution in [-0.4, -0.2) is 0 Å². The quantitative estimate of drug-likeness (QED) is 0.551. The van der Waals surface area contributed by atoms with Crippen LogP contribution >= 0.6 is 0 Å². The summed E-state index contributed by atoms with van der Waals surface area (Å²) < 4.78 is 0. The first-order valence-electron chi connectivity index (χ1n) is 4.87. The molecule has 0 spiro atoms. The van der Waals surface area contributed by atoms with Crippen molar-refractivity contribution in [3.63, 3.8) is 0 Å². The van der Waals surface area contributed by atoms with Crippen LogP contribution in [0.1, 0.15) is 41.5 Å². The van der Waals surface area contributed by atoms with Crippen molar-refractivity contribution in [3.8, 4) is 0 Å². The van der Waals surface area contributed by atoms with Crippen molar-refractivity contribution in [1.29, 1.82) is 0 Å². The van der Waals surface area contributed by atoms with Gasteiger partial charge < -0.3 is 0 Å². The molecule has 0 radical (unpaired) electrons. The van der Waals surface area contributed by atoms with Crippen LogP contribution in [0.4, 0.5) is 0 Å². The van der Waals surface area contributed by atoms with E-state index < -0.39 is 0 Å². The summed E-state index contributed by atoms with van der Waals surface area (Å²) in [6, 6.07) is 0.